The number of rotatable bonds is 10. The van der Waals surface area contributed by atoms with Crippen LogP contribution in [0, 0.1) is 0 Å². The van der Waals surface area contributed by atoms with Crippen molar-refractivity contribution >= 4 is 23.5 Å². The summed E-state index contributed by atoms with van der Waals surface area (Å²) in [7, 11) is 0. The molecule has 3 rings (SSSR count). The monoisotopic (exact) mass is 418 g/mol. The van der Waals surface area contributed by atoms with Crippen molar-refractivity contribution in [2.24, 2.45) is 0 Å². The van der Waals surface area contributed by atoms with Gasteiger partial charge in [-0.15, -0.1) is 11.8 Å². The molecular formula is C22H30N2O2S2. The highest BCUT2D eigenvalue weighted by atomic mass is 32.2. The number of β-amino-alcohol motifs (C(OH)–C–C–N with tert-alkyl or cyclic N) is 1. The van der Waals surface area contributed by atoms with Crippen LogP contribution < -0.4 is 10.1 Å². The highest BCUT2D eigenvalue weighted by molar-refractivity contribution is 7.99. The van der Waals surface area contributed by atoms with Crippen molar-refractivity contribution in [3.63, 3.8) is 0 Å². The second kappa shape index (κ2) is 11.7. The number of hydrogen-bond donors (Lipinski definition) is 2. The first-order valence-corrected chi connectivity index (χ1v) is 12.1. The Labute approximate surface area is 177 Å². The van der Waals surface area contributed by atoms with E-state index in [0.29, 0.717) is 13.2 Å². The molecule has 0 aliphatic carbocycles. The van der Waals surface area contributed by atoms with E-state index in [1.807, 2.05) is 30.0 Å². The van der Waals surface area contributed by atoms with Crippen molar-refractivity contribution in [2.75, 3.05) is 44.0 Å². The van der Waals surface area contributed by atoms with Gasteiger partial charge in [-0.1, -0.05) is 30.3 Å². The summed E-state index contributed by atoms with van der Waals surface area (Å²) in [5.41, 5.74) is 2.39. The van der Waals surface area contributed by atoms with Crippen LogP contribution in [0.1, 0.15) is 11.1 Å². The van der Waals surface area contributed by atoms with Crippen LogP contribution >= 0.6 is 23.5 Å². The topological polar surface area (TPSA) is 44.7 Å². The summed E-state index contributed by atoms with van der Waals surface area (Å²) in [5.74, 6) is 3.16. The molecule has 2 aromatic carbocycles. The van der Waals surface area contributed by atoms with Gasteiger partial charge < -0.3 is 15.2 Å². The molecule has 0 aromatic heterocycles. The van der Waals surface area contributed by atoms with Crippen molar-refractivity contribution in [1.82, 2.24) is 10.2 Å². The smallest absolute Gasteiger partial charge is 0.123 e. The normalized spacial score (nSPS) is 16.1. The third kappa shape index (κ3) is 7.01. The van der Waals surface area contributed by atoms with Crippen LogP contribution in [0.5, 0.6) is 5.75 Å². The zero-order valence-corrected chi connectivity index (χ0v) is 18.1. The third-order valence-corrected chi connectivity index (χ3v) is 6.42. The Bertz CT molecular complexity index is 723. The fourth-order valence-electron chi connectivity index (χ4n) is 3.24. The van der Waals surface area contributed by atoms with E-state index in [1.54, 1.807) is 11.8 Å². The second-order valence-electron chi connectivity index (χ2n) is 6.94. The summed E-state index contributed by atoms with van der Waals surface area (Å²) in [4.78, 5) is 3.60. The molecule has 4 nitrogen and oxygen atoms in total. The minimum atomic E-state index is -0.460. The number of ether oxygens (including phenoxy) is 1. The molecule has 0 saturated carbocycles. The highest BCUT2D eigenvalue weighted by Gasteiger charge is 2.15. The molecule has 28 heavy (non-hydrogen) atoms. The van der Waals surface area contributed by atoms with E-state index in [4.69, 9.17) is 4.74 Å². The molecule has 1 atom stereocenters. The van der Waals surface area contributed by atoms with Crippen LogP contribution in [0.3, 0.4) is 0 Å². The number of para-hydroxylation sites is 1. The standard InChI is InChI=1S/C22H30N2O2S2/c1-27-21-7-4-5-18(13-21)14-23-15-19-6-2-3-8-22(19)26-17-20(25)16-24-9-11-28-12-10-24/h2-8,13,20,23,25H,9-12,14-17H2,1H3/t20-/m1/s1. The molecule has 152 valence electrons. The predicted molar refractivity (Wildman–Crippen MR) is 120 cm³/mol. The first kappa shape index (κ1) is 21.5. The van der Waals surface area contributed by atoms with Crippen LogP contribution in [0.25, 0.3) is 0 Å². The first-order chi connectivity index (χ1) is 13.7. The van der Waals surface area contributed by atoms with Gasteiger partial charge in [0.25, 0.3) is 0 Å². The lowest BCUT2D eigenvalue weighted by Gasteiger charge is -2.28. The number of thioether (sulfide) groups is 2. The molecule has 6 heteroatoms. The van der Waals surface area contributed by atoms with Crippen molar-refractivity contribution in [3.05, 3.63) is 59.7 Å². The van der Waals surface area contributed by atoms with Crippen LogP contribution in [-0.2, 0) is 13.1 Å². The zero-order chi connectivity index (χ0) is 19.6. The molecule has 1 fully saturated rings. The lowest BCUT2D eigenvalue weighted by molar-refractivity contribution is 0.0711. The van der Waals surface area contributed by atoms with Crippen LogP contribution in [0.2, 0.25) is 0 Å². The minimum absolute atomic E-state index is 0.330. The molecule has 1 saturated heterocycles. The Hall–Kier alpha value is -1.18. The average Bonchev–Trinajstić information content (AvgIpc) is 2.74. The zero-order valence-electron chi connectivity index (χ0n) is 16.5. The summed E-state index contributed by atoms with van der Waals surface area (Å²) in [6, 6.07) is 16.7. The minimum Gasteiger partial charge on any atom is -0.491 e. The largest absolute Gasteiger partial charge is 0.491 e. The third-order valence-electron chi connectivity index (χ3n) is 4.76. The van der Waals surface area contributed by atoms with E-state index >= 15 is 0 Å². The molecule has 0 radical (unpaired) electrons. The predicted octanol–water partition coefficient (Wildman–Crippen LogP) is 3.49. The van der Waals surface area contributed by atoms with Crippen molar-refractivity contribution < 1.29 is 9.84 Å². The van der Waals surface area contributed by atoms with Crippen LogP contribution in [-0.4, -0.2) is 60.1 Å². The number of aliphatic hydroxyl groups excluding tert-OH is 1. The fourth-order valence-corrected chi connectivity index (χ4v) is 4.70. The van der Waals surface area contributed by atoms with Gasteiger partial charge in [-0.2, -0.15) is 11.8 Å². The maximum absolute atomic E-state index is 10.3. The van der Waals surface area contributed by atoms with Gasteiger partial charge in [-0.05, 0) is 30.0 Å². The Morgan fingerprint density at radius 3 is 2.79 bits per heavy atom. The van der Waals surface area contributed by atoms with E-state index in [0.717, 1.165) is 49.0 Å². The van der Waals surface area contributed by atoms with Gasteiger partial charge in [0, 0.05) is 54.7 Å². The maximum Gasteiger partial charge on any atom is 0.123 e. The Morgan fingerprint density at radius 2 is 1.96 bits per heavy atom. The van der Waals surface area contributed by atoms with Gasteiger partial charge >= 0.3 is 0 Å². The van der Waals surface area contributed by atoms with Gasteiger partial charge in [0.2, 0.25) is 0 Å². The molecule has 1 aliphatic heterocycles. The summed E-state index contributed by atoms with van der Waals surface area (Å²) >= 11 is 3.74. The molecule has 0 amide bonds. The van der Waals surface area contributed by atoms with E-state index < -0.39 is 6.10 Å². The van der Waals surface area contributed by atoms with Gasteiger partial charge in [0.1, 0.15) is 18.5 Å². The number of nitrogens with one attached hydrogen (secondary N) is 1. The molecule has 0 bridgehead atoms. The van der Waals surface area contributed by atoms with E-state index in [1.165, 1.54) is 10.5 Å². The molecule has 0 unspecified atom stereocenters. The molecule has 0 spiro atoms. The summed E-state index contributed by atoms with van der Waals surface area (Å²) < 4.78 is 5.95. The van der Waals surface area contributed by atoms with Crippen molar-refractivity contribution in [2.45, 2.75) is 24.1 Å². The molecule has 1 aliphatic rings. The van der Waals surface area contributed by atoms with Gasteiger partial charge in [0.15, 0.2) is 0 Å². The van der Waals surface area contributed by atoms with Gasteiger partial charge in [-0.25, -0.2) is 0 Å². The summed E-state index contributed by atoms with van der Waals surface area (Å²) in [6.45, 7) is 4.68. The molecule has 2 aromatic rings. The Kier molecular flexibility index (Phi) is 9.02. The average molecular weight is 419 g/mol. The van der Waals surface area contributed by atoms with E-state index in [-0.39, 0.29) is 0 Å². The van der Waals surface area contributed by atoms with Crippen molar-refractivity contribution in [1.29, 1.82) is 0 Å². The first-order valence-electron chi connectivity index (χ1n) is 9.77. The van der Waals surface area contributed by atoms with Gasteiger partial charge in [-0.3, -0.25) is 4.90 Å². The van der Waals surface area contributed by atoms with Crippen LogP contribution in [0.15, 0.2) is 53.4 Å². The molecule has 2 N–H and O–H groups in total. The quantitative estimate of drug-likeness (QED) is 0.576. The SMILES string of the molecule is CSc1cccc(CNCc2ccccc2OC[C@H](O)CN2CCSCC2)c1. The number of benzene rings is 2. The Morgan fingerprint density at radius 1 is 1.14 bits per heavy atom. The maximum atomic E-state index is 10.3. The lowest BCUT2D eigenvalue weighted by Crippen LogP contribution is -2.40. The summed E-state index contributed by atoms with van der Waals surface area (Å²) in [6.07, 6.45) is 1.64. The van der Waals surface area contributed by atoms with E-state index in [9.17, 15) is 5.11 Å². The number of nitrogens with zero attached hydrogens (tertiary/aromatic N) is 1. The van der Waals surface area contributed by atoms with Crippen molar-refractivity contribution in [3.8, 4) is 5.75 Å². The lowest BCUT2D eigenvalue weighted by atomic mass is 10.2. The van der Waals surface area contributed by atoms with E-state index in [2.05, 4.69) is 46.8 Å². The summed E-state index contributed by atoms with van der Waals surface area (Å²) in [5, 5.41) is 13.8. The molecular weight excluding hydrogens is 388 g/mol. The van der Waals surface area contributed by atoms with Crippen LogP contribution in [0.4, 0.5) is 0 Å². The Balaban J connectivity index is 1.46. The number of hydrogen-bond acceptors (Lipinski definition) is 6. The molecule has 1 heterocycles. The second-order valence-corrected chi connectivity index (χ2v) is 9.05. The fraction of sp³-hybridized carbons (Fsp3) is 0.455. The number of aliphatic hydroxyl groups is 1. The van der Waals surface area contributed by atoms with Gasteiger partial charge in [0.05, 0.1) is 0 Å². The highest BCUT2D eigenvalue weighted by Crippen LogP contribution is 2.19.